The summed E-state index contributed by atoms with van der Waals surface area (Å²) in [4.78, 5) is 22.6. The lowest BCUT2D eigenvalue weighted by atomic mass is 10.2. The molecule has 10 nitrogen and oxygen atoms in total. The Labute approximate surface area is 203 Å². The van der Waals surface area contributed by atoms with Gasteiger partial charge in [0.25, 0.3) is 11.6 Å². The highest BCUT2D eigenvalue weighted by atomic mass is 35.5. The Morgan fingerprint density at radius 3 is 2.61 bits per heavy atom. The summed E-state index contributed by atoms with van der Waals surface area (Å²) < 4.78 is 62.0. The average molecular weight is 525 g/mol. The highest BCUT2D eigenvalue weighted by Gasteiger charge is 2.20. The van der Waals surface area contributed by atoms with E-state index in [4.69, 9.17) is 16.3 Å². The molecule has 1 N–H and O–H groups in total. The number of carbonyl (C=O) groups excluding carboxylic acids is 1. The Morgan fingerprint density at radius 2 is 1.89 bits per heavy atom. The van der Waals surface area contributed by atoms with Crippen LogP contribution in [0.2, 0.25) is 5.02 Å². The predicted molar refractivity (Wildman–Crippen MR) is 117 cm³/mol. The van der Waals surface area contributed by atoms with E-state index in [1.54, 1.807) is 0 Å². The second kappa shape index (κ2) is 10.0. The zero-order valence-electron chi connectivity index (χ0n) is 17.8. The molecule has 0 aliphatic heterocycles. The van der Waals surface area contributed by atoms with E-state index in [9.17, 15) is 32.5 Å². The third kappa shape index (κ3) is 5.27. The van der Waals surface area contributed by atoms with Crippen LogP contribution in [0.4, 0.5) is 28.9 Å². The van der Waals surface area contributed by atoms with Gasteiger partial charge in [-0.05, 0) is 12.1 Å². The number of rotatable bonds is 8. The predicted octanol–water partition coefficient (Wildman–Crippen LogP) is 4.53. The number of hydrogen-bond donors (Lipinski definition) is 1. The van der Waals surface area contributed by atoms with Crippen LogP contribution in [0.3, 0.4) is 0 Å². The largest absolute Gasteiger partial charge is 0.470 e. The van der Waals surface area contributed by atoms with Crippen LogP contribution >= 0.6 is 11.6 Å². The number of aromatic nitrogens is 4. The molecule has 0 saturated carbocycles. The van der Waals surface area contributed by atoms with E-state index >= 15 is 0 Å². The zero-order valence-corrected chi connectivity index (χ0v) is 18.5. The van der Waals surface area contributed by atoms with Crippen LogP contribution in [-0.2, 0) is 13.3 Å². The van der Waals surface area contributed by atoms with Gasteiger partial charge < -0.3 is 10.1 Å². The van der Waals surface area contributed by atoms with Gasteiger partial charge in [0.05, 0.1) is 28.4 Å². The van der Waals surface area contributed by atoms with Gasteiger partial charge in [-0.3, -0.25) is 19.6 Å². The molecule has 0 saturated heterocycles. The van der Waals surface area contributed by atoms with Crippen molar-refractivity contribution in [2.45, 2.75) is 13.3 Å². The Kier molecular flexibility index (Phi) is 6.87. The average Bonchev–Trinajstić information content (AvgIpc) is 3.49. The molecule has 186 valence electrons. The molecular weight excluding hydrogens is 512 g/mol. The number of nitro benzene ring substituents is 1. The summed E-state index contributed by atoms with van der Waals surface area (Å²) in [7, 11) is 0. The lowest BCUT2D eigenvalue weighted by molar-refractivity contribution is -0.384. The van der Waals surface area contributed by atoms with Crippen LogP contribution < -0.4 is 10.1 Å². The number of hydrogen-bond acceptors (Lipinski definition) is 6. The van der Waals surface area contributed by atoms with Gasteiger partial charge in [-0.25, -0.2) is 22.2 Å². The van der Waals surface area contributed by atoms with Crippen molar-refractivity contribution in [1.82, 2.24) is 19.6 Å². The fraction of sp³-hybridized carbons (Fsp3) is 0.0952. The van der Waals surface area contributed by atoms with Gasteiger partial charge >= 0.3 is 0 Å². The van der Waals surface area contributed by atoms with Gasteiger partial charge in [0.1, 0.15) is 11.6 Å². The van der Waals surface area contributed by atoms with E-state index in [1.165, 1.54) is 41.5 Å². The highest BCUT2D eigenvalue weighted by molar-refractivity contribution is 6.32. The molecule has 0 aliphatic rings. The molecule has 0 radical (unpaired) electrons. The molecule has 0 unspecified atom stereocenters. The molecule has 4 rings (SSSR count). The summed E-state index contributed by atoms with van der Waals surface area (Å²) in [5.41, 5.74) is -0.804. The molecule has 0 bridgehead atoms. The molecule has 2 heterocycles. The van der Waals surface area contributed by atoms with Crippen LogP contribution in [0.25, 0.3) is 0 Å². The van der Waals surface area contributed by atoms with Gasteiger partial charge in [-0.1, -0.05) is 11.6 Å². The molecule has 0 atom stereocenters. The summed E-state index contributed by atoms with van der Waals surface area (Å²) >= 11 is 5.96. The minimum absolute atomic E-state index is 0.0150. The summed E-state index contributed by atoms with van der Waals surface area (Å²) in [6.07, 6.45) is 3.85. The molecule has 36 heavy (non-hydrogen) atoms. The van der Waals surface area contributed by atoms with Crippen molar-refractivity contribution < 1.29 is 32.0 Å². The van der Waals surface area contributed by atoms with Gasteiger partial charge in [-0.15, -0.1) is 0 Å². The van der Waals surface area contributed by atoms with Gasteiger partial charge in [0.2, 0.25) is 0 Å². The molecule has 2 aromatic carbocycles. The first-order chi connectivity index (χ1) is 17.1. The fourth-order valence-electron chi connectivity index (χ4n) is 3.03. The van der Waals surface area contributed by atoms with E-state index in [1.807, 2.05) is 0 Å². The van der Waals surface area contributed by atoms with E-state index in [0.29, 0.717) is 0 Å². The molecule has 2 aromatic heterocycles. The fourth-order valence-corrected chi connectivity index (χ4v) is 3.26. The molecule has 0 spiro atoms. The summed E-state index contributed by atoms with van der Waals surface area (Å²) in [6, 6.07) is 5.29. The smallest absolute Gasteiger partial charge is 0.276 e. The van der Waals surface area contributed by atoms with Gasteiger partial charge in [0.15, 0.2) is 29.9 Å². The van der Waals surface area contributed by atoms with Crippen molar-refractivity contribution in [2.75, 3.05) is 5.32 Å². The van der Waals surface area contributed by atoms with Crippen molar-refractivity contribution in [1.29, 1.82) is 0 Å². The van der Waals surface area contributed by atoms with E-state index in [0.717, 1.165) is 10.7 Å². The number of ether oxygens (including phenoxy) is 1. The monoisotopic (exact) mass is 524 g/mol. The topological polar surface area (TPSA) is 117 Å². The molecular formula is C21H13ClF4N6O4. The minimum Gasteiger partial charge on any atom is -0.470 e. The standard InChI is InChI=1S/C21H13ClF4N6O4/c22-14-5-12(32(34)35)1-2-18(14)36-10-30-4-3-17(29-30)21(33)28-11-7-27-31(8-11)9-13-15(23)6-16(24)20(26)19(13)25/h1-8H,9-10H2,(H,28,33). The first-order valence-electron chi connectivity index (χ1n) is 9.88. The summed E-state index contributed by atoms with van der Waals surface area (Å²) in [5.74, 6) is -6.88. The number of amides is 1. The maximum absolute atomic E-state index is 13.9. The number of anilines is 1. The Morgan fingerprint density at radius 1 is 1.11 bits per heavy atom. The molecule has 1 amide bonds. The maximum atomic E-state index is 13.9. The molecule has 0 aliphatic carbocycles. The van der Waals surface area contributed by atoms with Crippen molar-refractivity contribution in [3.8, 4) is 5.75 Å². The minimum atomic E-state index is -1.80. The maximum Gasteiger partial charge on any atom is 0.276 e. The molecule has 0 fully saturated rings. The lowest BCUT2D eigenvalue weighted by Gasteiger charge is -2.07. The zero-order chi connectivity index (χ0) is 26.0. The van der Waals surface area contributed by atoms with Crippen LogP contribution in [-0.4, -0.2) is 30.4 Å². The number of non-ortho nitro benzene ring substituents is 1. The quantitative estimate of drug-likeness (QED) is 0.119. The number of nitro groups is 1. The number of nitrogens with zero attached hydrogens (tertiary/aromatic N) is 5. The van der Waals surface area contributed by atoms with E-state index < -0.39 is 46.2 Å². The third-order valence-corrected chi connectivity index (χ3v) is 5.07. The SMILES string of the molecule is O=C(Nc1cnn(Cc2c(F)cc(F)c(F)c2F)c1)c1ccn(COc2ccc([N+](=O)[O-])cc2Cl)n1. The number of carbonyl (C=O) groups is 1. The third-order valence-electron chi connectivity index (χ3n) is 4.77. The van der Waals surface area contributed by atoms with E-state index in [-0.39, 0.29) is 40.6 Å². The Bertz CT molecular complexity index is 1470. The van der Waals surface area contributed by atoms with E-state index in [2.05, 4.69) is 15.5 Å². The van der Waals surface area contributed by atoms with Crippen LogP contribution in [0, 0.1) is 33.4 Å². The first kappa shape index (κ1) is 24.7. The molecule has 4 aromatic rings. The van der Waals surface area contributed by atoms with Crippen molar-refractivity contribution in [3.63, 3.8) is 0 Å². The second-order valence-electron chi connectivity index (χ2n) is 7.21. The van der Waals surface area contributed by atoms with Crippen LogP contribution in [0.1, 0.15) is 16.1 Å². The number of halogens is 5. The Balaban J connectivity index is 1.37. The second-order valence-corrected chi connectivity index (χ2v) is 7.62. The number of nitrogens with one attached hydrogen (secondary N) is 1. The summed E-state index contributed by atoms with van der Waals surface area (Å²) in [6.45, 7) is -0.712. The van der Waals surface area contributed by atoms with Crippen LogP contribution in [0.5, 0.6) is 5.75 Å². The normalized spacial score (nSPS) is 10.9. The van der Waals surface area contributed by atoms with Gasteiger partial charge in [0, 0.05) is 36.2 Å². The lowest BCUT2D eigenvalue weighted by Crippen LogP contribution is -2.14. The molecule has 15 heteroatoms. The highest BCUT2D eigenvalue weighted by Crippen LogP contribution is 2.29. The Hall–Kier alpha value is -4.46. The number of benzene rings is 2. The summed E-state index contributed by atoms with van der Waals surface area (Å²) in [5, 5.41) is 21.1. The van der Waals surface area contributed by atoms with Crippen molar-refractivity contribution >= 4 is 28.9 Å². The van der Waals surface area contributed by atoms with Crippen molar-refractivity contribution in [3.05, 3.63) is 98.6 Å². The van der Waals surface area contributed by atoms with Crippen LogP contribution in [0.15, 0.2) is 48.9 Å². The first-order valence-corrected chi connectivity index (χ1v) is 10.3. The van der Waals surface area contributed by atoms with Gasteiger partial charge in [-0.2, -0.15) is 10.2 Å². The van der Waals surface area contributed by atoms with Crippen molar-refractivity contribution in [2.24, 2.45) is 0 Å².